The van der Waals surface area contributed by atoms with Crippen molar-refractivity contribution in [3.8, 4) is 0 Å². The van der Waals surface area contributed by atoms with Crippen LogP contribution in [0.2, 0.25) is 0 Å². The number of carbonyl (C=O) groups excluding carboxylic acids is 2. The Morgan fingerprint density at radius 2 is 0.944 bits per heavy atom. The van der Waals surface area contributed by atoms with E-state index in [-0.39, 0.29) is 47.6 Å². The minimum Gasteiger partial charge on any atom is -0.464 e. The van der Waals surface area contributed by atoms with Crippen molar-refractivity contribution in [2.45, 2.75) is 78.3 Å². The van der Waals surface area contributed by atoms with Crippen LogP contribution in [0.25, 0.3) is 21.5 Å². The molecule has 3 rings (SSSR count). The Morgan fingerprint density at radius 1 is 0.639 bits per heavy atom. The molecule has 194 valence electrons. The molecule has 0 aliphatic rings. The molecule has 2 heterocycles. The number of unbranched alkanes of at least 4 members (excludes halogenated alkanes) is 2. The average Bonchev–Trinajstić information content (AvgIpc) is 3.24. The Balaban J connectivity index is 2.26. The number of hydrogen-bond donors (Lipinski definition) is 0. The van der Waals surface area contributed by atoms with Crippen LogP contribution in [-0.2, 0) is 19.1 Å². The zero-order valence-electron chi connectivity index (χ0n) is 21.1. The number of ether oxygens (including phenoxy) is 2. The van der Waals surface area contributed by atoms with Crippen molar-refractivity contribution in [2.24, 2.45) is 0 Å². The summed E-state index contributed by atoms with van der Waals surface area (Å²) in [5, 5.41) is -0.245. The summed E-state index contributed by atoms with van der Waals surface area (Å²) in [5.74, 6) is -1.36. The van der Waals surface area contributed by atoms with Gasteiger partial charge in [-0.05, 0) is 38.8 Å². The molecule has 1 aromatic carbocycles. The fourth-order valence-corrected chi connectivity index (χ4v) is 4.55. The minimum atomic E-state index is -1.10. The van der Waals surface area contributed by atoms with Gasteiger partial charge in [-0.15, -0.1) is 0 Å². The third-order valence-electron chi connectivity index (χ3n) is 6.36. The molecule has 0 amide bonds. The Morgan fingerprint density at radius 3 is 1.19 bits per heavy atom. The maximum absolute atomic E-state index is 13.3. The lowest BCUT2D eigenvalue weighted by Gasteiger charge is -2.15. The van der Waals surface area contributed by atoms with E-state index in [1.54, 1.807) is 13.8 Å². The van der Waals surface area contributed by atoms with Crippen molar-refractivity contribution in [1.82, 2.24) is 9.13 Å². The average molecular weight is 501 g/mol. The smallest absolute Gasteiger partial charge is 0.329 e. The van der Waals surface area contributed by atoms with Gasteiger partial charge in [-0.25, -0.2) is 9.59 Å². The van der Waals surface area contributed by atoms with Crippen LogP contribution in [0.3, 0.4) is 0 Å². The van der Waals surface area contributed by atoms with Crippen LogP contribution in [-0.4, -0.2) is 34.3 Å². The maximum Gasteiger partial charge on any atom is 0.329 e. The summed E-state index contributed by atoms with van der Waals surface area (Å²) < 4.78 is 11.9. The minimum absolute atomic E-state index is 0.0613. The van der Waals surface area contributed by atoms with Crippen LogP contribution in [0, 0.1) is 0 Å². The van der Waals surface area contributed by atoms with E-state index in [9.17, 15) is 28.8 Å². The van der Waals surface area contributed by atoms with E-state index < -0.39 is 46.3 Å². The first-order chi connectivity index (χ1) is 17.2. The number of fused-ring (bicyclic) bond motifs is 2. The first-order valence-electron chi connectivity index (χ1n) is 12.5. The largest absolute Gasteiger partial charge is 0.464 e. The summed E-state index contributed by atoms with van der Waals surface area (Å²) in [4.78, 5) is 78.2. The summed E-state index contributed by atoms with van der Waals surface area (Å²) in [6.45, 7) is 7.29. The number of rotatable bonds is 12. The lowest BCUT2D eigenvalue weighted by Crippen LogP contribution is -2.36. The highest BCUT2D eigenvalue weighted by molar-refractivity contribution is 5.98. The second-order valence-electron chi connectivity index (χ2n) is 8.72. The Hall–Kier alpha value is -3.56. The Labute approximate surface area is 207 Å². The van der Waals surface area contributed by atoms with Crippen LogP contribution >= 0.6 is 0 Å². The van der Waals surface area contributed by atoms with E-state index in [0.29, 0.717) is 12.8 Å². The number of nitrogens with zero attached hydrogens (tertiary/aromatic N) is 2. The zero-order valence-corrected chi connectivity index (χ0v) is 21.1. The first-order valence-corrected chi connectivity index (χ1v) is 12.5. The monoisotopic (exact) mass is 500 g/mol. The predicted octanol–water partition coefficient (Wildman–Crippen LogP) is 2.50. The predicted molar refractivity (Wildman–Crippen MR) is 135 cm³/mol. The Kier molecular flexibility index (Phi) is 8.60. The summed E-state index contributed by atoms with van der Waals surface area (Å²) in [6, 6.07) is 0.235. The van der Waals surface area contributed by atoms with Gasteiger partial charge in [0, 0.05) is 0 Å². The van der Waals surface area contributed by atoms with E-state index in [1.165, 1.54) is 12.1 Å². The van der Waals surface area contributed by atoms with Gasteiger partial charge in [0.05, 0.1) is 34.8 Å². The number of hydrogen-bond acceptors (Lipinski definition) is 8. The van der Waals surface area contributed by atoms with Crippen LogP contribution in [0.1, 0.15) is 78.3 Å². The van der Waals surface area contributed by atoms with Crippen LogP contribution < -0.4 is 22.2 Å². The van der Waals surface area contributed by atoms with Crippen molar-refractivity contribution < 1.29 is 19.1 Å². The molecular formula is C26H32N2O8. The molecule has 36 heavy (non-hydrogen) atoms. The highest BCUT2D eigenvalue weighted by Gasteiger charge is 2.31. The number of carbonyl (C=O) groups is 2. The number of esters is 2. The van der Waals surface area contributed by atoms with E-state index in [2.05, 4.69) is 0 Å². The van der Waals surface area contributed by atoms with Crippen molar-refractivity contribution in [3.63, 3.8) is 0 Å². The fourth-order valence-electron chi connectivity index (χ4n) is 4.55. The molecular weight excluding hydrogens is 468 g/mol. The molecule has 2 atom stereocenters. The fraction of sp³-hybridized carbons (Fsp3) is 0.538. The summed E-state index contributed by atoms with van der Waals surface area (Å²) in [6.07, 6.45) is 3.14. The maximum atomic E-state index is 13.3. The molecule has 0 fully saturated rings. The second-order valence-corrected chi connectivity index (χ2v) is 8.72. The van der Waals surface area contributed by atoms with Crippen molar-refractivity contribution >= 4 is 33.5 Å². The molecule has 0 spiro atoms. The van der Waals surface area contributed by atoms with Gasteiger partial charge in [-0.1, -0.05) is 39.5 Å². The highest BCUT2D eigenvalue weighted by atomic mass is 16.5. The molecule has 0 bridgehead atoms. The molecule has 0 saturated heterocycles. The quantitative estimate of drug-likeness (QED) is 0.347. The van der Waals surface area contributed by atoms with E-state index in [0.717, 1.165) is 22.0 Å². The van der Waals surface area contributed by atoms with E-state index >= 15 is 0 Å². The molecule has 10 heteroatoms. The van der Waals surface area contributed by atoms with Gasteiger partial charge in [0.15, 0.2) is 0 Å². The standard InChI is InChI=1S/C26H32N2O8/c1-5-9-11-19(25(33)35-7-3)27-21(29)15-13-17-18(14-16(15)22(27)30)24(32)28(23(17)31)20(12-10-6-2)26(34)36-8-4/h13-14,19-20H,5-12H2,1-4H3. The van der Waals surface area contributed by atoms with Crippen molar-refractivity contribution in [2.75, 3.05) is 13.2 Å². The van der Waals surface area contributed by atoms with Gasteiger partial charge in [0.25, 0.3) is 22.2 Å². The summed E-state index contributed by atoms with van der Waals surface area (Å²) in [5.41, 5.74) is -2.89. The van der Waals surface area contributed by atoms with E-state index in [1.807, 2.05) is 13.8 Å². The lowest BCUT2D eigenvalue weighted by atomic mass is 10.1. The molecule has 0 radical (unpaired) electrons. The van der Waals surface area contributed by atoms with Gasteiger partial charge in [-0.3, -0.25) is 28.3 Å². The normalized spacial score (nSPS) is 13.2. The van der Waals surface area contributed by atoms with Crippen molar-refractivity contribution in [3.05, 3.63) is 53.5 Å². The molecule has 0 aliphatic heterocycles. The molecule has 2 unspecified atom stereocenters. The second kappa shape index (κ2) is 11.5. The Bertz CT molecular complexity index is 1290. The lowest BCUT2D eigenvalue weighted by molar-refractivity contribution is -0.148. The third-order valence-corrected chi connectivity index (χ3v) is 6.36. The highest BCUT2D eigenvalue weighted by Crippen LogP contribution is 2.21. The van der Waals surface area contributed by atoms with Gasteiger partial charge in [0.1, 0.15) is 12.1 Å². The number of benzene rings is 1. The van der Waals surface area contributed by atoms with Crippen LogP contribution in [0.4, 0.5) is 0 Å². The summed E-state index contributed by atoms with van der Waals surface area (Å²) >= 11 is 0. The third kappa shape index (κ3) is 4.76. The SMILES string of the molecule is CCCCC(C(=O)OCC)n1c(=O)c2cc3c(=O)n(C(CCCC)C(=O)OCC)c(=O)c3cc2c1=O. The molecule has 0 aliphatic carbocycles. The van der Waals surface area contributed by atoms with Gasteiger partial charge in [0.2, 0.25) is 0 Å². The molecule has 0 saturated carbocycles. The molecule has 2 aromatic heterocycles. The van der Waals surface area contributed by atoms with Gasteiger partial charge < -0.3 is 9.47 Å². The molecule has 0 N–H and O–H groups in total. The van der Waals surface area contributed by atoms with Crippen LogP contribution in [0.15, 0.2) is 31.3 Å². The van der Waals surface area contributed by atoms with Gasteiger partial charge >= 0.3 is 11.9 Å². The van der Waals surface area contributed by atoms with Crippen LogP contribution in [0.5, 0.6) is 0 Å². The van der Waals surface area contributed by atoms with Gasteiger partial charge in [-0.2, -0.15) is 0 Å². The molecule has 10 nitrogen and oxygen atoms in total. The van der Waals surface area contributed by atoms with Crippen molar-refractivity contribution in [1.29, 1.82) is 0 Å². The topological polar surface area (TPSA) is 131 Å². The summed E-state index contributed by atoms with van der Waals surface area (Å²) in [7, 11) is 0. The number of aromatic nitrogens is 2. The zero-order chi connectivity index (χ0) is 26.6. The molecule has 3 aromatic rings. The first kappa shape index (κ1) is 27.0. The van der Waals surface area contributed by atoms with E-state index in [4.69, 9.17) is 9.47 Å².